The number of allylic oxidation sites excluding steroid dienone is 1. The summed E-state index contributed by atoms with van der Waals surface area (Å²) in [5, 5.41) is 0. The van der Waals surface area contributed by atoms with Crippen molar-refractivity contribution in [2.24, 2.45) is 5.92 Å². The molecule has 1 aliphatic heterocycles. The van der Waals surface area contributed by atoms with Gasteiger partial charge in [-0.1, -0.05) is 52.0 Å². The molecule has 0 bridgehead atoms. The van der Waals surface area contributed by atoms with Gasteiger partial charge in [0.1, 0.15) is 0 Å². The Labute approximate surface area is 145 Å². The summed E-state index contributed by atoms with van der Waals surface area (Å²) in [5.74, 6) is 0.813. The fourth-order valence-corrected chi connectivity index (χ4v) is 2.92. The van der Waals surface area contributed by atoms with Crippen LogP contribution in [0.15, 0.2) is 30.3 Å². The second-order valence-electron chi connectivity index (χ2n) is 7.00. The van der Waals surface area contributed by atoms with Crippen molar-refractivity contribution >= 4 is 17.9 Å². The Kier molecular flexibility index (Phi) is 6.18. The lowest BCUT2D eigenvalue weighted by Crippen LogP contribution is -2.47. The largest absolute Gasteiger partial charge is 0.342 e. The molecule has 0 N–H and O–H groups in total. The van der Waals surface area contributed by atoms with E-state index in [1.165, 1.54) is 5.56 Å². The van der Waals surface area contributed by atoms with E-state index in [4.69, 9.17) is 0 Å². The van der Waals surface area contributed by atoms with Gasteiger partial charge in [-0.15, -0.1) is 0 Å². The highest BCUT2D eigenvalue weighted by molar-refractivity contribution is 5.95. The van der Waals surface area contributed by atoms with E-state index >= 15 is 0 Å². The average molecular weight is 328 g/mol. The highest BCUT2D eigenvalue weighted by atomic mass is 16.2. The van der Waals surface area contributed by atoms with Gasteiger partial charge >= 0.3 is 0 Å². The molecule has 1 fully saturated rings. The first-order chi connectivity index (χ1) is 11.4. The maximum atomic E-state index is 12.6. The summed E-state index contributed by atoms with van der Waals surface area (Å²) >= 11 is 0. The molecule has 0 spiro atoms. The van der Waals surface area contributed by atoms with Crippen LogP contribution >= 0.6 is 0 Å². The first-order valence-corrected chi connectivity index (χ1v) is 8.72. The van der Waals surface area contributed by atoms with E-state index in [9.17, 15) is 9.59 Å². The highest BCUT2D eigenvalue weighted by Crippen LogP contribution is 2.25. The van der Waals surface area contributed by atoms with Gasteiger partial charge in [0, 0.05) is 32.3 Å². The van der Waals surface area contributed by atoms with Crippen molar-refractivity contribution in [1.82, 2.24) is 9.80 Å². The van der Waals surface area contributed by atoms with Crippen LogP contribution in [0, 0.1) is 5.92 Å². The summed E-state index contributed by atoms with van der Waals surface area (Å²) in [6.45, 7) is 11.0. The molecule has 0 aliphatic carbocycles. The fourth-order valence-electron chi connectivity index (χ4n) is 2.92. The van der Waals surface area contributed by atoms with Crippen molar-refractivity contribution in [3.8, 4) is 0 Å². The van der Waals surface area contributed by atoms with Gasteiger partial charge in [0.2, 0.25) is 12.3 Å². The van der Waals surface area contributed by atoms with E-state index in [1.54, 1.807) is 11.0 Å². The van der Waals surface area contributed by atoms with Crippen molar-refractivity contribution in [3.63, 3.8) is 0 Å². The number of carbonyl (C=O) groups is 2. The second-order valence-corrected chi connectivity index (χ2v) is 7.00. The van der Waals surface area contributed by atoms with Crippen LogP contribution < -0.4 is 0 Å². The zero-order valence-electron chi connectivity index (χ0n) is 15.2. The molecule has 4 nitrogen and oxygen atoms in total. The van der Waals surface area contributed by atoms with E-state index < -0.39 is 0 Å². The molecule has 130 valence electrons. The van der Waals surface area contributed by atoms with Gasteiger partial charge in [-0.05, 0) is 28.5 Å². The number of rotatable bonds is 5. The summed E-state index contributed by atoms with van der Waals surface area (Å²) in [7, 11) is 0. The Morgan fingerprint density at radius 2 is 1.58 bits per heavy atom. The molecular formula is C20H28N2O2. The molecule has 24 heavy (non-hydrogen) atoms. The lowest BCUT2D eigenvalue weighted by atomic mass is 9.92. The van der Waals surface area contributed by atoms with Gasteiger partial charge in [0.15, 0.2) is 0 Å². The molecule has 0 aromatic heterocycles. The standard InChI is InChI=1S/C20H28N2O2/c1-15(2)17-5-7-18(8-6-17)19(16(3)4)13-20(24)22-11-9-21(14-23)10-12-22/h5-8,13-16H,9-12H2,1-4H3/b19-13+. The van der Waals surface area contributed by atoms with E-state index in [2.05, 4.69) is 52.0 Å². The van der Waals surface area contributed by atoms with Gasteiger partial charge in [-0.2, -0.15) is 0 Å². The van der Waals surface area contributed by atoms with Gasteiger partial charge in [0.25, 0.3) is 0 Å². The minimum Gasteiger partial charge on any atom is -0.342 e. The number of carbonyl (C=O) groups excluding carboxylic acids is 2. The first kappa shape index (κ1) is 18.2. The number of amides is 2. The minimum atomic E-state index is 0.0391. The van der Waals surface area contributed by atoms with Crippen LogP contribution in [0.5, 0.6) is 0 Å². The van der Waals surface area contributed by atoms with Crippen LogP contribution in [0.25, 0.3) is 5.57 Å². The molecule has 1 saturated heterocycles. The summed E-state index contributed by atoms with van der Waals surface area (Å²) in [6.07, 6.45) is 2.62. The molecule has 0 atom stereocenters. The summed E-state index contributed by atoms with van der Waals surface area (Å²) in [5.41, 5.74) is 3.47. The molecule has 1 aromatic carbocycles. The van der Waals surface area contributed by atoms with Crippen LogP contribution in [-0.4, -0.2) is 48.3 Å². The van der Waals surface area contributed by atoms with Crippen molar-refractivity contribution in [2.45, 2.75) is 33.6 Å². The fraction of sp³-hybridized carbons (Fsp3) is 0.500. The number of nitrogens with zero attached hydrogens (tertiary/aromatic N) is 2. The zero-order chi connectivity index (χ0) is 17.7. The van der Waals surface area contributed by atoms with Gasteiger partial charge in [-0.25, -0.2) is 0 Å². The van der Waals surface area contributed by atoms with E-state index in [1.807, 2.05) is 4.90 Å². The number of hydrogen-bond donors (Lipinski definition) is 0. The zero-order valence-corrected chi connectivity index (χ0v) is 15.2. The predicted molar refractivity (Wildman–Crippen MR) is 97.6 cm³/mol. The van der Waals surface area contributed by atoms with Crippen molar-refractivity contribution < 1.29 is 9.59 Å². The van der Waals surface area contributed by atoms with E-state index in [0.29, 0.717) is 32.1 Å². The molecule has 2 rings (SSSR count). The lowest BCUT2D eigenvalue weighted by molar-refractivity contribution is -0.130. The van der Waals surface area contributed by atoms with Crippen molar-refractivity contribution in [2.75, 3.05) is 26.2 Å². The van der Waals surface area contributed by atoms with Crippen LogP contribution in [0.1, 0.15) is 44.7 Å². The van der Waals surface area contributed by atoms with Crippen LogP contribution in [0.2, 0.25) is 0 Å². The van der Waals surface area contributed by atoms with Gasteiger partial charge in [-0.3, -0.25) is 9.59 Å². The number of piperazine rings is 1. The third-order valence-electron chi connectivity index (χ3n) is 4.59. The first-order valence-electron chi connectivity index (χ1n) is 8.72. The Balaban J connectivity index is 2.16. The predicted octanol–water partition coefficient (Wildman–Crippen LogP) is 3.15. The van der Waals surface area contributed by atoms with Gasteiger partial charge in [0.05, 0.1) is 0 Å². The monoisotopic (exact) mass is 328 g/mol. The molecule has 1 aromatic rings. The van der Waals surface area contributed by atoms with Crippen LogP contribution in [0.4, 0.5) is 0 Å². The van der Waals surface area contributed by atoms with E-state index in [-0.39, 0.29) is 11.8 Å². The molecule has 2 amide bonds. The van der Waals surface area contributed by atoms with E-state index in [0.717, 1.165) is 17.5 Å². The van der Waals surface area contributed by atoms with Gasteiger partial charge < -0.3 is 9.80 Å². The lowest BCUT2D eigenvalue weighted by Gasteiger charge is -2.32. The molecule has 4 heteroatoms. The summed E-state index contributed by atoms with van der Waals surface area (Å²) in [4.78, 5) is 26.9. The topological polar surface area (TPSA) is 40.6 Å². The molecule has 0 radical (unpaired) electrons. The van der Waals surface area contributed by atoms with Crippen LogP contribution in [0.3, 0.4) is 0 Å². The molecule has 0 saturated carbocycles. The smallest absolute Gasteiger partial charge is 0.246 e. The maximum Gasteiger partial charge on any atom is 0.246 e. The Bertz CT molecular complexity index is 595. The van der Waals surface area contributed by atoms with Crippen molar-refractivity contribution in [1.29, 1.82) is 0 Å². The van der Waals surface area contributed by atoms with Crippen molar-refractivity contribution in [3.05, 3.63) is 41.5 Å². The Hall–Kier alpha value is -2.10. The highest BCUT2D eigenvalue weighted by Gasteiger charge is 2.20. The third-order valence-corrected chi connectivity index (χ3v) is 4.59. The number of hydrogen-bond acceptors (Lipinski definition) is 2. The molecule has 0 unspecified atom stereocenters. The number of benzene rings is 1. The Morgan fingerprint density at radius 3 is 2.04 bits per heavy atom. The molecular weight excluding hydrogens is 300 g/mol. The summed E-state index contributed by atoms with van der Waals surface area (Å²) in [6, 6.07) is 8.50. The SMILES string of the molecule is CC(C)/C(=C\C(=O)N1CCN(C=O)CC1)c1ccc(C(C)C)cc1. The maximum absolute atomic E-state index is 12.6. The molecule has 1 aliphatic rings. The quantitative estimate of drug-likeness (QED) is 0.615. The van der Waals surface area contributed by atoms with Crippen LogP contribution in [-0.2, 0) is 9.59 Å². The second kappa shape index (κ2) is 8.13. The normalized spacial score (nSPS) is 16.0. The third kappa shape index (κ3) is 4.47. The Morgan fingerprint density at radius 1 is 1.00 bits per heavy atom. The minimum absolute atomic E-state index is 0.0391. The summed E-state index contributed by atoms with van der Waals surface area (Å²) < 4.78 is 0. The molecule has 1 heterocycles. The average Bonchev–Trinajstić information content (AvgIpc) is 2.59.